The van der Waals surface area contributed by atoms with Crippen LogP contribution in [-0.4, -0.2) is 24.0 Å². The Morgan fingerprint density at radius 1 is 1.10 bits per heavy atom. The van der Waals surface area contributed by atoms with Crippen LogP contribution >= 0.6 is 0 Å². The Morgan fingerprint density at radius 3 is 2.19 bits per heavy atom. The van der Waals surface area contributed by atoms with Gasteiger partial charge in [0.1, 0.15) is 0 Å². The molecule has 1 unspecified atom stereocenters. The minimum atomic E-state index is 0.250. The Hall–Kier alpha value is -1.51. The van der Waals surface area contributed by atoms with Crippen LogP contribution in [0.25, 0.3) is 0 Å². The molecule has 0 saturated carbocycles. The molecule has 3 heteroatoms. The lowest BCUT2D eigenvalue weighted by Crippen LogP contribution is -2.47. The Kier molecular flexibility index (Phi) is 4.60. The highest BCUT2D eigenvalue weighted by atomic mass is 16.1. The van der Waals surface area contributed by atoms with Crippen LogP contribution in [0.1, 0.15) is 64.7 Å². The summed E-state index contributed by atoms with van der Waals surface area (Å²) in [6.07, 6.45) is 1.86. The summed E-state index contributed by atoms with van der Waals surface area (Å²) in [5, 5.41) is 0. The van der Waals surface area contributed by atoms with Crippen LogP contribution in [0.5, 0.6) is 0 Å². The van der Waals surface area contributed by atoms with Crippen LogP contribution in [0.3, 0.4) is 0 Å². The van der Waals surface area contributed by atoms with Gasteiger partial charge in [-0.1, -0.05) is 6.92 Å². The SMILES string of the molecule is CCCC(=O)c1ccc2c(c1)N(C(C)C)C(C)N2C(C)C. The predicted octanol–water partition coefficient (Wildman–Crippen LogP) is 4.46. The van der Waals surface area contributed by atoms with Gasteiger partial charge in [0.25, 0.3) is 0 Å². The Balaban J connectivity index is 2.47. The number of hydrogen-bond donors (Lipinski definition) is 0. The molecule has 0 bridgehead atoms. The van der Waals surface area contributed by atoms with Gasteiger partial charge in [0.05, 0.1) is 17.5 Å². The second-order valence-corrected chi connectivity index (χ2v) is 6.51. The van der Waals surface area contributed by atoms with Crippen molar-refractivity contribution < 1.29 is 4.79 Å². The minimum Gasteiger partial charge on any atom is -0.347 e. The standard InChI is InChI=1S/C18H28N2O/c1-7-8-18(21)15-9-10-16-17(11-15)20(13(4)5)14(6)19(16)12(2)3/h9-14H,7-8H2,1-6H3. The minimum absolute atomic E-state index is 0.250. The van der Waals surface area contributed by atoms with Crippen LogP contribution < -0.4 is 9.80 Å². The third-order valence-electron chi connectivity index (χ3n) is 4.25. The molecule has 1 aliphatic rings. The molecule has 21 heavy (non-hydrogen) atoms. The maximum absolute atomic E-state index is 12.2. The number of fused-ring (bicyclic) bond motifs is 1. The van der Waals surface area contributed by atoms with E-state index >= 15 is 0 Å². The third kappa shape index (κ3) is 2.78. The summed E-state index contributed by atoms with van der Waals surface area (Å²) in [4.78, 5) is 17.0. The first kappa shape index (κ1) is 15.9. The van der Waals surface area contributed by atoms with E-state index in [0.29, 0.717) is 24.7 Å². The summed E-state index contributed by atoms with van der Waals surface area (Å²) < 4.78 is 0. The van der Waals surface area contributed by atoms with Crippen molar-refractivity contribution in [3.8, 4) is 0 Å². The van der Waals surface area contributed by atoms with Crippen LogP contribution in [0.15, 0.2) is 18.2 Å². The Morgan fingerprint density at radius 2 is 1.67 bits per heavy atom. The van der Waals surface area contributed by atoms with E-state index in [1.54, 1.807) is 0 Å². The highest BCUT2D eigenvalue weighted by Crippen LogP contribution is 2.42. The molecule has 1 aromatic rings. The molecule has 0 spiro atoms. The van der Waals surface area contributed by atoms with Crippen molar-refractivity contribution in [2.75, 3.05) is 9.80 Å². The first-order valence-electron chi connectivity index (χ1n) is 8.12. The molecule has 1 atom stereocenters. The molecule has 1 aromatic carbocycles. The van der Waals surface area contributed by atoms with Crippen LogP contribution in [-0.2, 0) is 0 Å². The van der Waals surface area contributed by atoms with Crippen molar-refractivity contribution >= 4 is 17.2 Å². The molecule has 0 aliphatic carbocycles. The number of anilines is 2. The zero-order valence-electron chi connectivity index (χ0n) is 14.2. The molecule has 0 N–H and O–H groups in total. The lowest BCUT2D eigenvalue weighted by molar-refractivity contribution is 0.0982. The molecule has 2 rings (SSSR count). The fraction of sp³-hybridized carbons (Fsp3) is 0.611. The molecular formula is C18H28N2O. The predicted molar refractivity (Wildman–Crippen MR) is 90.4 cm³/mol. The van der Waals surface area contributed by atoms with Crippen molar-refractivity contribution in [3.05, 3.63) is 23.8 Å². The quantitative estimate of drug-likeness (QED) is 0.747. The summed E-state index contributed by atoms with van der Waals surface area (Å²) in [6.45, 7) is 13.2. The Labute approximate surface area is 128 Å². The monoisotopic (exact) mass is 288 g/mol. The lowest BCUT2D eigenvalue weighted by atomic mass is 10.0. The first-order chi connectivity index (χ1) is 9.88. The van der Waals surface area contributed by atoms with Gasteiger partial charge >= 0.3 is 0 Å². The van der Waals surface area contributed by atoms with Crippen LogP contribution in [0.2, 0.25) is 0 Å². The second-order valence-electron chi connectivity index (χ2n) is 6.51. The van der Waals surface area contributed by atoms with Gasteiger partial charge in [-0.15, -0.1) is 0 Å². The third-order valence-corrected chi connectivity index (χ3v) is 4.25. The molecule has 3 nitrogen and oxygen atoms in total. The zero-order valence-corrected chi connectivity index (χ0v) is 14.2. The number of carbonyl (C=O) groups excluding carboxylic acids is 1. The highest BCUT2D eigenvalue weighted by molar-refractivity contribution is 5.98. The molecule has 1 heterocycles. The number of ketones is 1. The van der Waals surface area contributed by atoms with E-state index in [4.69, 9.17) is 0 Å². The van der Waals surface area contributed by atoms with Gasteiger partial charge in [0.2, 0.25) is 0 Å². The van der Waals surface area contributed by atoms with Crippen LogP contribution in [0, 0.1) is 0 Å². The first-order valence-corrected chi connectivity index (χ1v) is 8.12. The maximum Gasteiger partial charge on any atom is 0.162 e. The van der Waals surface area contributed by atoms with Gasteiger partial charge in [0.15, 0.2) is 5.78 Å². The number of Topliss-reactive ketones (excluding diaryl/α,β-unsaturated/α-hetero) is 1. The van der Waals surface area contributed by atoms with Gasteiger partial charge in [-0.2, -0.15) is 0 Å². The van der Waals surface area contributed by atoms with E-state index in [2.05, 4.69) is 56.6 Å². The number of nitrogens with zero attached hydrogens (tertiary/aromatic N) is 2. The summed E-state index contributed by atoms with van der Waals surface area (Å²) in [5.74, 6) is 0.250. The van der Waals surface area contributed by atoms with Gasteiger partial charge < -0.3 is 9.80 Å². The molecule has 116 valence electrons. The molecule has 1 aliphatic heterocycles. The van der Waals surface area contributed by atoms with Gasteiger partial charge in [-0.3, -0.25) is 4.79 Å². The van der Waals surface area contributed by atoms with E-state index in [0.717, 1.165) is 12.0 Å². The molecule has 0 fully saturated rings. The average Bonchev–Trinajstić information content (AvgIpc) is 2.69. The van der Waals surface area contributed by atoms with Crippen molar-refractivity contribution in [2.24, 2.45) is 0 Å². The second kappa shape index (κ2) is 6.08. The summed E-state index contributed by atoms with van der Waals surface area (Å²) in [7, 11) is 0. The van der Waals surface area contributed by atoms with E-state index in [1.165, 1.54) is 11.4 Å². The summed E-state index contributed by atoms with van der Waals surface area (Å²) in [6, 6.07) is 7.06. The molecule has 0 radical (unpaired) electrons. The summed E-state index contributed by atoms with van der Waals surface area (Å²) >= 11 is 0. The van der Waals surface area contributed by atoms with Gasteiger partial charge in [-0.25, -0.2) is 0 Å². The van der Waals surface area contributed by atoms with E-state index in [9.17, 15) is 4.79 Å². The van der Waals surface area contributed by atoms with Crippen molar-refractivity contribution in [3.63, 3.8) is 0 Å². The van der Waals surface area contributed by atoms with E-state index in [1.807, 2.05) is 13.0 Å². The Bertz CT molecular complexity index is 522. The molecular weight excluding hydrogens is 260 g/mol. The maximum atomic E-state index is 12.2. The fourth-order valence-corrected chi connectivity index (χ4v) is 3.45. The molecule has 0 amide bonds. The highest BCUT2D eigenvalue weighted by Gasteiger charge is 2.35. The number of benzene rings is 1. The summed E-state index contributed by atoms with van der Waals surface area (Å²) in [5.41, 5.74) is 3.30. The largest absolute Gasteiger partial charge is 0.347 e. The van der Waals surface area contributed by atoms with Gasteiger partial charge in [0, 0.05) is 24.1 Å². The number of carbonyl (C=O) groups is 1. The fourth-order valence-electron chi connectivity index (χ4n) is 3.45. The van der Waals surface area contributed by atoms with E-state index in [-0.39, 0.29) is 5.78 Å². The van der Waals surface area contributed by atoms with Crippen molar-refractivity contribution in [1.82, 2.24) is 0 Å². The average molecular weight is 288 g/mol. The van der Waals surface area contributed by atoms with Crippen LogP contribution in [0.4, 0.5) is 11.4 Å². The normalized spacial score (nSPS) is 17.8. The smallest absolute Gasteiger partial charge is 0.162 e. The van der Waals surface area contributed by atoms with E-state index < -0.39 is 0 Å². The number of hydrogen-bond acceptors (Lipinski definition) is 3. The zero-order chi connectivity index (χ0) is 15.7. The van der Waals surface area contributed by atoms with Crippen molar-refractivity contribution in [2.45, 2.75) is 72.6 Å². The van der Waals surface area contributed by atoms with Gasteiger partial charge in [-0.05, 0) is 59.2 Å². The molecule has 0 saturated heterocycles. The molecule has 0 aromatic heterocycles. The number of rotatable bonds is 5. The lowest BCUT2D eigenvalue weighted by Gasteiger charge is -2.35. The van der Waals surface area contributed by atoms with Crippen molar-refractivity contribution in [1.29, 1.82) is 0 Å². The topological polar surface area (TPSA) is 23.6 Å².